The monoisotopic (exact) mass is 955 g/mol. The molecule has 0 saturated heterocycles. The van der Waals surface area contributed by atoms with Gasteiger partial charge in [-0.05, 0) is 132 Å². The molecule has 0 fully saturated rings. The highest BCUT2D eigenvalue weighted by atomic mass is 16.3. The zero-order chi connectivity index (χ0) is 49.2. The lowest BCUT2D eigenvalue weighted by Gasteiger charge is -2.30. The van der Waals surface area contributed by atoms with Crippen LogP contribution in [0.2, 0.25) is 0 Å². The molecule has 2 aliphatic carbocycles. The molecule has 14 aromatic rings. The van der Waals surface area contributed by atoms with E-state index in [0.29, 0.717) is 17.5 Å². The maximum atomic E-state index is 6.65. The van der Waals surface area contributed by atoms with Crippen molar-refractivity contribution in [3.63, 3.8) is 0 Å². The number of hydrogen-bond acceptors (Lipinski definition) is 5. The molecule has 2 aliphatic rings. The van der Waals surface area contributed by atoms with E-state index in [9.17, 15) is 0 Å². The van der Waals surface area contributed by atoms with Crippen LogP contribution in [-0.4, -0.2) is 15.0 Å². The average molecular weight is 956 g/mol. The van der Waals surface area contributed by atoms with Gasteiger partial charge in [-0.1, -0.05) is 194 Å². The fraction of sp³-hybridized carbons (Fsp3) is 0.0143. The predicted molar refractivity (Wildman–Crippen MR) is 303 cm³/mol. The zero-order valence-electron chi connectivity index (χ0n) is 40.3. The first kappa shape index (κ1) is 41.6. The molecule has 0 atom stereocenters. The Morgan fingerprint density at radius 3 is 1.43 bits per heavy atom. The number of rotatable bonds is 6. The van der Waals surface area contributed by atoms with E-state index in [1.807, 2.05) is 42.5 Å². The Morgan fingerprint density at radius 2 is 0.693 bits per heavy atom. The molecule has 0 amide bonds. The normalized spacial score (nSPS) is 12.9. The van der Waals surface area contributed by atoms with Crippen LogP contribution in [-0.2, 0) is 5.41 Å². The number of benzene rings is 11. The molecule has 348 valence electrons. The highest BCUT2D eigenvalue weighted by Gasteiger charge is 2.51. The molecular weight excluding hydrogens is 915 g/mol. The first-order valence-electron chi connectivity index (χ1n) is 25.5. The molecule has 5 nitrogen and oxygen atoms in total. The van der Waals surface area contributed by atoms with Crippen LogP contribution in [0.4, 0.5) is 0 Å². The van der Waals surface area contributed by atoms with E-state index in [4.69, 9.17) is 23.8 Å². The van der Waals surface area contributed by atoms with E-state index in [1.165, 1.54) is 50.1 Å². The smallest absolute Gasteiger partial charge is 0.164 e. The third-order valence-electron chi connectivity index (χ3n) is 15.8. The highest BCUT2D eigenvalue weighted by Crippen LogP contribution is 2.63. The average Bonchev–Trinajstić information content (AvgIpc) is 4.31. The Hall–Kier alpha value is -9.97. The molecule has 75 heavy (non-hydrogen) atoms. The van der Waals surface area contributed by atoms with Crippen LogP contribution in [0.3, 0.4) is 0 Å². The van der Waals surface area contributed by atoms with E-state index in [1.54, 1.807) is 0 Å². The third-order valence-corrected chi connectivity index (χ3v) is 15.8. The molecule has 3 heterocycles. The minimum Gasteiger partial charge on any atom is -0.456 e. The molecule has 3 aromatic heterocycles. The summed E-state index contributed by atoms with van der Waals surface area (Å²) >= 11 is 0. The number of hydrogen-bond donors (Lipinski definition) is 0. The summed E-state index contributed by atoms with van der Waals surface area (Å²) in [6.45, 7) is 0. The van der Waals surface area contributed by atoms with Gasteiger partial charge in [0.25, 0.3) is 0 Å². The van der Waals surface area contributed by atoms with Crippen molar-refractivity contribution in [2.75, 3.05) is 0 Å². The molecule has 0 bridgehead atoms. The Balaban J connectivity index is 0.831. The van der Waals surface area contributed by atoms with Crippen molar-refractivity contribution in [2.45, 2.75) is 5.41 Å². The highest BCUT2D eigenvalue weighted by molar-refractivity contribution is 6.13. The minimum atomic E-state index is -0.411. The summed E-state index contributed by atoms with van der Waals surface area (Å²) in [6, 6.07) is 88.8. The van der Waals surface area contributed by atoms with Gasteiger partial charge in [0.1, 0.15) is 22.3 Å². The SMILES string of the molecule is c1ccc(-c2cccc(-c3nc(-c4ccc5c(c4)oc4ccccc45)nc(-c4cccc5oc6ccc(-c7cccc(-c8ccc9c(c8)C8(c%10ccccc%10-c%10ccccc%108)c8ccccc8-9)c7)cc6c45)n3)c2)cc1. The summed E-state index contributed by atoms with van der Waals surface area (Å²) in [6.07, 6.45) is 0. The lowest BCUT2D eigenvalue weighted by molar-refractivity contribution is 0.668. The van der Waals surface area contributed by atoms with Crippen LogP contribution in [0.1, 0.15) is 22.3 Å². The van der Waals surface area contributed by atoms with Crippen molar-refractivity contribution < 1.29 is 8.83 Å². The van der Waals surface area contributed by atoms with Gasteiger partial charge in [-0.25, -0.2) is 15.0 Å². The van der Waals surface area contributed by atoms with Crippen molar-refractivity contribution in [1.29, 1.82) is 0 Å². The lowest BCUT2D eigenvalue weighted by Crippen LogP contribution is -2.25. The summed E-state index contributed by atoms with van der Waals surface area (Å²) in [5, 5.41) is 4.05. The zero-order valence-corrected chi connectivity index (χ0v) is 40.3. The summed E-state index contributed by atoms with van der Waals surface area (Å²) < 4.78 is 13.0. The minimum absolute atomic E-state index is 0.411. The second kappa shape index (κ2) is 16.0. The van der Waals surface area contributed by atoms with Crippen molar-refractivity contribution >= 4 is 43.9 Å². The summed E-state index contributed by atoms with van der Waals surface area (Å²) in [4.78, 5) is 15.8. The van der Waals surface area contributed by atoms with Gasteiger partial charge in [-0.15, -0.1) is 0 Å². The van der Waals surface area contributed by atoms with Crippen LogP contribution in [0.25, 0.3) is 134 Å². The predicted octanol–water partition coefficient (Wildman–Crippen LogP) is 18.0. The van der Waals surface area contributed by atoms with Gasteiger partial charge >= 0.3 is 0 Å². The van der Waals surface area contributed by atoms with Gasteiger partial charge in [-0.2, -0.15) is 0 Å². The lowest BCUT2D eigenvalue weighted by atomic mass is 9.70. The Bertz CT molecular complexity index is 4610. The van der Waals surface area contributed by atoms with Crippen molar-refractivity contribution in [1.82, 2.24) is 15.0 Å². The fourth-order valence-electron chi connectivity index (χ4n) is 12.4. The quantitative estimate of drug-likeness (QED) is 0.166. The number of fused-ring (bicyclic) bond motifs is 16. The topological polar surface area (TPSA) is 65.0 Å². The Kier molecular flexibility index (Phi) is 8.89. The second-order valence-electron chi connectivity index (χ2n) is 19.8. The summed E-state index contributed by atoms with van der Waals surface area (Å²) in [5.74, 6) is 1.67. The summed E-state index contributed by atoms with van der Waals surface area (Å²) in [5.41, 5.74) is 22.6. The van der Waals surface area contributed by atoms with E-state index >= 15 is 0 Å². The van der Waals surface area contributed by atoms with Crippen LogP contribution in [0, 0.1) is 0 Å². The molecule has 11 aromatic carbocycles. The molecular formula is C70H41N3O2. The van der Waals surface area contributed by atoms with E-state index in [-0.39, 0.29) is 0 Å². The molecule has 0 radical (unpaired) electrons. The van der Waals surface area contributed by atoms with Gasteiger partial charge in [-0.3, -0.25) is 0 Å². The van der Waals surface area contributed by atoms with Gasteiger partial charge in [0.2, 0.25) is 0 Å². The summed E-state index contributed by atoms with van der Waals surface area (Å²) in [7, 11) is 0. The molecule has 0 aliphatic heterocycles. The van der Waals surface area contributed by atoms with Crippen molar-refractivity contribution in [3.05, 3.63) is 271 Å². The number of aromatic nitrogens is 3. The standard InChI is InChI=1S/C70H41N3O2/c1-2-15-42(16-3-1)43-17-13-20-48(38-43)67-71-68(49-32-35-55-54-24-7-11-29-62(54)75-65(55)41-49)73-69(72-67)56-25-14-30-64-66(56)57-39-46(33-36-63(57)74-64)44-18-12-19-45(37-44)47-31-34-53-52-23-6-10-28-60(52)70(61(53)40-47)58-26-8-4-21-50(58)51-22-5-9-27-59(51)70/h1-41H. The van der Waals surface area contributed by atoms with Crippen LogP contribution < -0.4 is 0 Å². The van der Waals surface area contributed by atoms with Crippen LogP contribution in [0.15, 0.2) is 258 Å². The van der Waals surface area contributed by atoms with Gasteiger partial charge < -0.3 is 8.83 Å². The van der Waals surface area contributed by atoms with E-state index in [2.05, 4.69) is 206 Å². The first-order valence-corrected chi connectivity index (χ1v) is 25.5. The van der Waals surface area contributed by atoms with Crippen LogP contribution >= 0.6 is 0 Å². The molecule has 0 saturated carbocycles. The molecule has 0 N–H and O–H groups in total. The molecule has 1 spiro atoms. The van der Waals surface area contributed by atoms with E-state index < -0.39 is 5.41 Å². The first-order chi connectivity index (χ1) is 37.1. The fourth-order valence-corrected chi connectivity index (χ4v) is 12.4. The van der Waals surface area contributed by atoms with Crippen molar-refractivity contribution in [3.8, 4) is 89.8 Å². The second-order valence-corrected chi connectivity index (χ2v) is 19.8. The van der Waals surface area contributed by atoms with Crippen molar-refractivity contribution in [2.24, 2.45) is 0 Å². The Morgan fingerprint density at radius 1 is 0.240 bits per heavy atom. The van der Waals surface area contributed by atoms with Gasteiger partial charge in [0, 0.05) is 38.2 Å². The Labute approximate surface area is 431 Å². The number of para-hydroxylation sites is 1. The largest absolute Gasteiger partial charge is 0.456 e. The molecule has 5 heteroatoms. The molecule has 16 rings (SSSR count). The van der Waals surface area contributed by atoms with Gasteiger partial charge in [0.05, 0.1) is 5.41 Å². The third kappa shape index (κ3) is 6.22. The van der Waals surface area contributed by atoms with Gasteiger partial charge in [0.15, 0.2) is 17.5 Å². The van der Waals surface area contributed by atoms with Crippen LogP contribution in [0.5, 0.6) is 0 Å². The number of furan rings is 2. The maximum Gasteiger partial charge on any atom is 0.164 e. The number of nitrogens with zero attached hydrogens (tertiary/aromatic N) is 3. The molecule has 0 unspecified atom stereocenters. The maximum absolute atomic E-state index is 6.65. The van der Waals surface area contributed by atoms with E-state index in [0.717, 1.165) is 88.4 Å².